The lowest BCUT2D eigenvalue weighted by Gasteiger charge is -2.57. The summed E-state index contributed by atoms with van der Waals surface area (Å²) in [6.45, 7) is 5.41. The minimum atomic E-state index is -0.742. The van der Waals surface area contributed by atoms with Crippen molar-refractivity contribution in [3.05, 3.63) is 11.1 Å². The Morgan fingerprint density at radius 1 is 1.38 bits per heavy atom. The summed E-state index contributed by atoms with van der Waals surface area (Å²) in [7, 11) is 1.34. The fourth-order valence-corrected chi connectivity index (χ4v) is 4.46. The molecule has 21 heavy (non-hydrogen) atoms. The van der Waals surface area contributed by atoms with Crippen molar-refractivity contribution < 1.29 is 24.9 Å². The quantitative estimate of drug-likeness (QED) is 0.663. The van der Waals surface area contributed by atoms with E-state index < -0.39 is 29.0 Å². The average Bonchev–Trinajstić information content (AvgIpc) is 2.46. The third kappa shape index (κ3) is 2.22. The summed E-state index contributed by atoms with van der Waals surface area (Å²) < 4.78 is 4.92. The van der Waals surface area contributed by atoms with Gasteiger partial charge in [0.2, 0.25) is 0 Å². The molecule has 0 heterocycles. The zero-order chi connectivity index (χ0) is 16.0. The van der Waals surface area contributed by atoms with Crippen LogP contribution in [0.4, 0.5) is 0 Å². The van der Waals surface area contributed by atoms with E-state index in [0.29, 0.717) is 30.4 Å². The first-order chi connectivity index (χ1) is 9.72. The van der Waals surface area contributed by atoms with E-state index in [9.17, 15) is 20.1 Å². The van der Waals surface area contributed by atoms with E-state index in [-0.39, 0.29) is 12.5 Å². The molecule has 0 unspecified atom stereocenters. The molecule has 0 spiro atoms. The molecule has 2 aliphatic carbocycles. The molecule has 0 aromatic carbocycles. The Labute approximate surface area is 125 Å². The molecule has 1 fully saturated rings. The minimum Gasteiger partial charge on any atom is -0.466 e. The number of aliphatic hydroxyl groups is 3. The number of hydrogen-bond acceptors (Lipinski definition) is 5. The summed E-state index contributed by atoms with van der Waals surface area (Å²) in [4.78, 5) is 12.2. The van der Waals surface area contributed by atoms with Crippen molar-refractivity contribution >= 4 is 5.97 Å². The Bertz CT molecular complexity index is 471. The first-order valence-corrected chi connectivity index (χ1v) is 7.49. The zero-order valence-corrected chi connectivity index (χ0v) is 13.2. The van der Waals surface area contributed by atoms with Gasteiger partial charge in [-0.15, -0.1) is 0 Å². The second-order valence-electron chi connectivity index (χ2n) is 6.99. The van der Waals surface area contributed by atoms with E-state index in [1.54, 1.807) is 6.92 Å². The van der Waals surface area contributed by atoms with Crippen molar-refractivity contribution in [1.82, 2.24) is 0 Å². The van der Waals surface area contributed by atoms with Gasteiger partial charge in [-0.1, -0.05) is 13.8 Å². The molecule has 0 bridgehead atoms. The van der Waals surface area contributed by atoms with Gasteiger partial charge < -0.3 is 20.1 Å². The first-order valence-electron chi connectivity index (χ1n) is 7.49. The van der Waals surface area contributed by atoms with E-state index >= 15 is 0 Å². The molecule has 120 valence electrons. The predicted molar refractivity (Wildman–Crippen MR) is 77.4 cm³/mol. The third-order valence-electron chi connectivity index (χ3n) is 5.92. The fourth-order valence-electron chi connectivity index (χ4n) is 4.46. The van der Waals surface area contributed by atoms with Gasteiger partial charge in [-0.25, -0.2) is 4.79 Å². The van der Waals surface area contributed by atoms with Crippen LogP contribution in [0.1, 0.15) is 40.0 Å². The Balaban J connectivity index is 2.58. The van der Waals surface area contributed by atoms with Gasteiger partial charge >= 0.3 is 5.97 Å². The number of carbonyl (C=O) groups is 1. The molecule has 2 aliphatic rings. The van der Waals surface area contributed by atoms with E-state index in [2.05, 4.69) is 0 Å². The highest BCUT2D eigenvalue weighted by molar-refractivity contribution is 5.91. The van der Waals surface area contributed by atoms with Crippen LogP contribution in [0.25, 0.3) is 0 Å². The van der Waals surface area contributed by atoms with Crippen molar-refractivity contribution in [2.45, 2.75) is 52.2 Å². The third-order valence-corrected chi connectivity index (χ3v) is 5.92. The largest absolute Gasteiger partial charge is 0.466 e. The Kier molecular flexibility index (Phi) is 4.21. The number of aliphatic hydroxyl groups excluding tert-OH is 3. The number of esters is 1. The highest BCUT2D eigenvalue weighted by Gasteiger charge is 2.58. The van der Waals surface area contributed by atoms with E-state index in [4.69, 9.17) is 4.74 Å². The molecule has 5 heteroatoms. The fraction of sp³-hybridized carbons (Fsp3) is 0.812. The molecule has 0 saturated heterocycles. The molecule has 3 N–H and O–H groups in total. The molecule has 0 aromatic heterocycles. The second kappa shape index (κ2) is 5.38. The lowest BCUT2D eigenvalue weighted by atomic mass is 9.48. The summed E-state index contributed by atoms with van der Waals surface area (Å²) in [6.07, 6.45) is 0.228. The van der Waals surface area contributed by atoms with Gasteiger partial charge in [0.1, 0.15) is 0 Å². The van der Waals surface area contributed by atoms with Crippen LogP contribution in [0.3, 0.4) is 0 Å². The number of ether oxygens (including phenoxy) is 1. The van der Waals surface area contributed by atoms with Gasteiger partial charge in [0.25, 0.3) is 0 Å². The summed E-state index contributed by atoms with van der Waals surface area (Å²) in [5.41, 5.74) is -0.0567. The number of rotatable bonds is 2. The van der Waals surface area contributed by atoms with Crippen LogP contribution in [0.5, 0.6) is 0 Å². The monoisotopic (exact) mass is 298 g/mol. The molecule has 0 amide bonds. The van der Waals surface area contributed by atoms with Gasteiger partial charge in [-0.3, -0.25) is 0 Å². The summed E-state index contributed by atoms with van der Waals surface area (Å²) in [5.74, 6) is -0.595. The van der Waals surface area contributed by atoms with Crippen LogP contribution < -0.4 is 0 Å². The lowest BCUT2D eigenvalue weighted by molar-refractivity contribution is -0.151. The van der Waals surface area contributed by atoms with Crippen LogP contribution in [-0.4, -0.2) is 47.2 Å². The number of methoxy groups -OCH3 is 1. The van der Waals surface area contributed by atoms with Crippen LogP contribution in [0, 0.1) is 16.7 Å². The van der Waals surface area contributed by atoms with Crippen LogP contribution in [-0.2, 0) is 9.53 Å². The van der Waals surface area contributed by atoms with Crippen LogP contribution in [0.15, 0.2) is 11.1 Å². The van der Waals surface area contributed by atoms with Crippen molar-refractivity contribution in [2.75, 3.05) is 13.7 Å². The number of fused-ring (bicyclic) bond motifs is 1. The smallest absolute Gasteiger partial charge is 0.334 e. The molecular formula is C16H26O5. The van der Waals surface area contributed by atoms with E-state index in [1.165, 1.54) is 7.11 Å². The normalized spacial score (nSPS) is 43.5. The molecular weight excluding hydrogens is 272 g/mol. The Hall–Kier alpha value is -0.910. The lowest BCUT2D eigenvalue weighted by Crippen LogP contribution is -2.57. The second-order valence-corrected chi connectivity index (χ2v) is 6.99. The van der Waals surface area contributed by atoms with Gasteiger partial charge in [0, 0.05) is 16.4 Å². The zero-order valence-electron chi connectivity index (χ0n) is 13.2. The Morgan fingerprint density at radius 3 is 2.52 bits per heavy atom. The summed E-state index contributed by atoms with van der Waals surface area (Å²) in [5, 5.41) is 30.5. The maximum absolute atomic E-state index is 12.2. The maximum Gasteiger partial charge on any atom is 0.334 e. The van der Waals surface area contributed by atoms with Crippen molar-refractivity contribution in [3.8, 4) is 0 Å². The highest BCUT2D eigenvalue weighted by Crippen LogP contribution is 2.59. The highest BCUT2D eigenvalue weighted by atomic mass is 16.5. The van der Waals surface area contributed by atoms with Gasteiger partial charge in [0.05, 0.1) is 25.9 Å². The molecule has 2 rings (SSSR count). The molecule has 1 saturated carbocycles. The molecule has 5 nitrogen and oxygen atoms in total. The van der Waals surface area contributed by atoms with E-state index in [1.807, 2.05) is 13.8 Å². The number of hydrogen-bond donors (Lipinski definition) is 3. The first kappa shape index (κ1) is 16.5. The molecule has 0 aromatic rings. The summed E-state index contributed by atoms with van der Waals surface area (Å²) in [6, 6.07) is 0. The minimum absolute atomic E-state index is 0.172. The maximum atomic E-state index is 12.2. The average molecular weight is 298 g/mol. The molecule has 0 aliphatic heterocycles. The molecule has 0 radical (unpaired) electrons. The van der Waals surface area contributed by atoms with Crippen molar-refractivity contribution in [2.24, 2.45) is 16.7 Å². The number of carbonyl (C=O) groups excluding carboxylic acids is 1. The predicted octanol–water partition coefficient (Wildman–Crippen LogP) is 1.02. The molecule has 5 atom stereocenters. The SMILES string of the molecule is COC(=O)C1=C(C)[C@@H](O)C[C@H]2[C@](C)(CO)[C@@H](O)CC[C@]12C. The van der Waals surface area contributed by atoms with Crippen molar-refractivity contribution in [3.63, 3.8) is 0 Å². The van der Waals surface area contributed by atoms with Gasteiger partial charge in [-0.2, -0.15) is 0 Å². The van der Waals surface area contributed by atoms with Gasteiger partial charge in [0.15, 0.2) is 0 Å². The Morgan fingerprint density at radius 2 is 2.00 bits per heavy atom. The standard InChI is InChI=1S/C16H26O5/c1-9-10(18)7-11-15(2,13(9)14(20)21-4)6-5-12(19)16(11,3)8-17/h10-12,17-19H,5-8H2,1-4H3/t10-,11+,12-,15-,16-/m0/s1. The van der Waals surface area contributed by atoms with E-state index in [0.717, 1.165) is 0 Å². The van der Waals surface area contributed by atoms with Crippen molar-refractivity contribution in [1.29, 1.82) is 0 Å². The topological polar surface area (TPSA) is 87.0 Å². The van der Waals surface area contributed by atoms with Crippen LogP contribution >= 0.6 is 0 Å². The summed E-state index contributed by atoms with van der Waals surface area (Å²) >= 11 is 0. The van der Waals surface area contributed by atoms with Gasteiger partial charge in [-0.05, 0) is 37.7 Å². The van der Waals surface area contributed by atoms with Crippen LogP contribution in [0.2, 0.25) is 0 Å².